The Labute approximate surface area is 108 Å². The van der Waals surface area contributed by atoms with E-state index in [9.17, 15) is 4.39 Å². The fraction of sp³-hybridized carbons (Fsp3) is 0.467. The first-order chi connectivity index (χ1) is 8.63. The van der Waals surface area contributed by atoms with E-state index < -0.39 is 0 Å². The van der Waals surface area contributed by atoms with E-state index in [0.717, 1.165) is 6.42 Å². The molecule has 0 atom stereocenters. The molecule has 0 heterocycles. The van der Waals surface area contributed by atoms with Crippen LogP contribution in [0.25, 0.3) is 0 Å². The zero-order valence-corrected chi connectivity index (χ0v) is 10.9. The lowest BCUT2D eigenvalue weighted by Gasteiger charge is -2.09. The van der Waals surface area contributed by atoms with E-state index in [4.69, 9.17) is 9.84 Å². The highest BCUT2D eigenvalue weighted by Crippen LogP contribution is 2.19. The van der Waals surface area contributed by atoms with Gasteiger partial charge in [-0.3, -0.25) is 0 Å². The smallest absolute Gasteiger partial charge is 0.165 e. The fourth-order valence-electron chi connectivity index (χ4n) is 1.32. The van der Waals surface area contributed by atoms with Gasteiger partial charge in [0.05, 0.1) is 13.2 Å². The fourth-order valence-corrected chi connectivity index (χ4v) is 1.32. The standard InChI is InChI=1S/C15H19FO2/c1-12(2)8-10-18-15-11-13(5-3-4-9-17)6-7-14(15)16/h6-7,11-12,17H,4,8-10H2,1-2H3. The maximum absolute atomic E-state index is 13.5. The van der Waals surface area contributed by atoms with Crippen LogP contribution < -0.4 is 4.74 Å². The normalized spacial score (nSPS) is 10.1. The minimum atomic E-state index is -0.369. The van der Waals surface area contributed by atoms with Gasteiger partial charge in [0.15, 0.2) is 11.6 Å². The van der Waals surface area contributed by atoms with Crippen molar-refractivity contribution in [2.75, 3.05) is 13.2 Å². The van der Waals surface area contributed by atoms with Crippen molar-refractivity contribution < 1.29 is 14.2 Å². The van der Waals surface area contributed by atoms with Gasteiger partial charge in [0, 0.05) is 12.0 Å². The Balaban J connectivity index is 2.67. The van der Waals surface area contributed by atoms with Gasteiger partial charge in [0.25, 0.3) is 0 Å². The van der Waals surface area contributed by atoms with E-state index >= 15 is 0 Å². The molecule has 0 radical (unpaired) electrons. The summed E-state index contributed by atoms with van der Waals surface area (Å²) < 4.78 is 18.9. The SMILES string of the molecule is CC(C)CCOc1cc(C#CCCO)ccc1F. The van der Waals surface area contributed by atoms with Gasteiger partial charge >= 0.3 is 0 Å². The van der Waals surface area contributed by atoms with Crippen LogP contribution >= 0.6 is 0 Å². The third-order valence-corrected chi connectivity index (χ3v) is 2.35. The lowest BCUT2D eigenvalue weighted by atomic mass is 10.1. The Hall–Kier alpha value is -1.53. The van der Waals surface area contributed by atoms with Crippen molar-refractivity contribution in [1.82, 2.24) is 0 Å². The van der Waals surface area contributed by atoms with Gasteiger partial charge in [0.1, 0.15) is 0 Å². The molecule has 0 fully saturated rings. The van der Waals surface area contributed by atoms with E-state index in [0.29, 0.717) is 24.5 Å². The van der Waals surface area contributed by atoms with Gasteiger partial charge in [0.2, 0.25) is 0 Å². The molecule has 0 amide bonds. The quantitative estimate of drug-likeness (QED) is 0.814. The van der Waals surface area contributed by atoms with Crippen LogP contribution in [0.4, 0.5) is 4.39 Å². The van der Waals surface area contributed by atoms with Crippen LogP contribution in [0.3, 0.4) is 0 Å². The Morgan fingerprint density at radius 2 is 2.17 bits per heavy atom. The molecule has 2 nitrogen and oxygen atoms in total. The summed E-state index contributed by atoms with van der Waals surface area (Å²) in [6.45, 7) is 4.72. The van der Waals surface area contributed by atoms with Crippen LogP contribution in [0.1, 0.15) is 32.3 Å². The Kier molecular flexibility index (Phi) is 6.24. The van der Waals surface area contributed by atoms with Gasteiger partial charge in [-0.1, -0.05) is 25.7 Å². The topological polar surface area (TPSA) is 29.5 Å². The summed E-state index contributed by atoms with van der Waals surface area (Å²) in [5, 5.41) is 8.62. The van der Waals surface area contributed by atoms with Crippen LogP contribution in [0.15, 0.2) is 18.2 Å². The maximum atomic E-state index is 13.5. The van der Waals surface area contributed by atoms with E-state index in [1.54, 1.807) is 12.1 Å². The molecule has 98 valence electrons. The minimum absolute atomic E-state index is 0.0337. The average molecular weight is 250 g/mol. The molecule has 0 saturated carbocycles. The summed E-state index contributed by atoms with van der Waals surface area (Å²) >= 11 is 0. The highest BCUT2D eigenvalue weighted by Gasteiger charge is 2.04. The number of aliphatic hydroxyl groups excluding tert-OH is 1. The Morgan fingerprint density at radius 3 is 2.83 bits per heavy atom. The summed E-state index contributed by atoms with van der Waals surface area (Å²) in [5.74, 6) is 6.05. The van der Waals surface area contributed by atoms with Crippen molar-refractivity contribution in [2.24, 2.45) is 5.92 Å². The lowest BCUT2D eigenvalue weighted by molar-refractivity contribution is 0.276. The molecule has 0 aliphatic heterocycles. The summed E-state index contributed by atoms with van der Waals surface area (Å²) in [6.07, 6.45) is 1.31. The number of rotatable bonds is 5. The van der Waals surface area contributed by atoms with E-state index in [1.165, 1.54) is 6.07 Å². The second-order valence-electron chi connectivity index (χ2n) is 4.45. The van der Waals surface area contributed by atoms with Crippen LogP contribution in [0.2, 0.25) is 0 Å². The third kappa shape index (κ3) is 5.20. The number of halogens is 1. The van der Waals surface area contributed by atoms with Crippen LogP contribution in [0, 0.1) is 23.6 Å². The van der Waals surface area contributed by atoms with Crippen LogP contribution in [0.5, 0.6) is 5.75 Å². The molecule has 1 N–H and O–H groups in total. The molecule has 0 spiro atoms. The van der Waals surface area contributed by atoms with E-state index in [1.807, 2.05) is 0 Å². The van der Waals surface area contributed by atoms with Crippen molar-refractivity contribution in [2.45, 2.75) is 26.7 Å². The second-order valence-corrected chi connectivity index (χ2v) is 4.45. The van der Waals surface area contributed by atoms with Crippen LogP contribution in [-0.2, 0) is 0 Å². The molecule has 1 rings (SSSR count). The summed E-state index contributed by atoms with van der Waals surface area (Å²) in [6, 6.07) is 4.56. The largest absolute Gasteiger partial charge is 0.490 e. The van der Waals surface area contributed by atoms with Crippen molar-refractivity contribution in [3.63, 3.8) is 0 Å². The predicted octanol–water partition coefficient (Wildman–Crippen LogP) is 2.98. The molecular formula is C15H19FO2. The predicted molar refractivity (Wildman–Crippen MR) is 69.9 cm³/mol. The number of benzene rings is 1. The highest BCUT2D eigenvalue weighted by molar-refractivity contribution is 5.40. The van der Waals surface area contributed by atoms with Crippen molar-refractivity contribution >= 4 is 0 Å². The zero-order chi connectivity index (χ0) is 13.4. The highest BCUT2D eigenvalue weighted by atomic mass is 19.1. The Morgan fingerprint density at radius 1 is 1.39 bits per heavy atom. The molecule has 1 aromatic carbocycles. The van der Waals surface area contributed by atoms with Gasteiger partial charge in [-0.05, 0) is 30.5 Å². The third-order valence-electron chi connectivity index (χ3n) is 2.35. The average Bonchev–Trinajstić information content (AvgIpc) is 2.33. The van der Waals surface area contributed by atoms with Gasteiger partial charge in [-0.25, -0.2) is 4.39 Å². The number of hydrogen-bond acceptors (Lipinski definition) is 2. The summed E-state index contributed by atoms with van der Waals surface area (Å²) in [5.41, 5.74) is 0.699. The molecule has 0 bridgehead atoms. The molecule has 1 aromatic rings. The van der Waals surface area contributed by atoms with Crippen molar-refractivity contribution in [1.29, 1.82) is 0 Å². The number of hydrogen-bond donors (Lipinski definition) is 1. The molecule has 0 saturated heterocycles. The van der Waals surface area contributed by atoms with Crippen LogP contribution in [-0.4, -0.2) is 18.3 Å². The summed E-state index contributed by atoms with van der Waals surface area (Å²) in [7, 11) is 0. The maximum Gasteiger partial charge on any atom is 0.165 e. The van der Waals surface area contributed by atoms with Gasteiger partial charge in [-0.2, -0.15) is 0 Å². The van der Waals surface area contributed by atoms with E-state index in [-0.39, 0.29) is 18.2 Å². The molecule has 0 aromatic heterocycles. The first-order valence-corrected chi connectivity index (χ1v) is 6.15. The second kappa shape index (κ2) is 7.73. The molecule has 0 aliphatic carbocycles. The lowest BCUT2D eigenvalue weighted by Crippen LogP contribution is -2.02. The van der Waals surface area contributed by atoms with E-state index in [2.05, 4.69) is 25.7 Å². The first kappa shape index (κ1) is 14.5. The molecule has 18 heavy (non-hydrogen) atoms. The number of aliphatic hydroxyl groups is 1. The van der Waals surface area contributed by atoms with Gasteiger partial charge < -0.3 is 9.84 Å². The molecular weight excluding hydrogens is 231 g/mol. The van der Waals surface area contributed by atoms with Crippen molar-refractivity contribution in [3.8, 4) is 17.6 Å². The molecule has 0 aliphatic rings. The number of ether oxygens (including phenoxy) is 1. The molecule has 0 unspecified atom stereocenters. The minimum Gasteiger partial charge on any atom is -0.490 e. The monoisotopic (exact) mass is 250 g/mol. The van der Waals surface area contributed by atoms with Gasteiger partial charge in [-0.15, -0.1) is 0 Å². The zero-order valence-electron chi connectivity index (χ0n) is 10.9. The van der Waals surface area contributed by atoms with Crippen molar-refractivity contribution in [3.05, 3.63) is 29.6 Å². The Bertz CT molecular complexity index is 430. The summed E-state index contributed by atoms with van der Waals surface area (Å²) in [4.78, 5) is 0. The molecule has 3 heteroatoms. The first-order valence-electron chi connectivity index (χ1n) is 6.15.